The molecular formula is C23H29NO. The van der Waals surface area contributed by atoms with Crippen LogP contribution < -0.4 is 5.32 Å². The second-order valence-corrected chi connectivity index (χ2v) is 8.17. The number of hydrogen-bond donors (Lipinski definition) is 1. The van der Waals surface area contributed by atoms with E-state index in [-0.39, 0.29) is 11.5 Å². The molecule has 2 aliphatic heterocycles. The van der Waals surface area contributed by atoms with Crippen LogP contribution in [0.3, 0.4) is 0 Å². The van der Waals surface area contributed by atoms with Gasteiger partial charge in [-0.1, -0.05) is 63.2 Å². The zero-order valence-corrected chi connectivity index (χ0v) is 15.6. The molecule has 2 heteroatoms. The summed E-state index contributed by atoms with van der Waals surface area (Å²) < 4.78 is 6.32. The summed E-state index contributed by atoms with van der Waals surface area (Å²) in [6, 6.07) is 18.1. The molecule has 2 heterocycles. The Balaban J connectivity index is 1.76. The van der Waals surface area contributed by atoms with Gasteiger partial charge in [0.1, 0.15) is 0 Å². The van der Waals surface area contributed by atoms with Crippen molar-refractivity contribution in [1.82, 2.24) is 0 Å². The molecule has 1 saturated heterocycles. The third-order valence-corrected chi connectivity index (χ3v) is 6.29. The highest BCUT2D eigenvalue weighted by molar-refractivity contribution is 5.59. The van der Waals surface area contributed by atoms with Crippen molar-refractivity contribution in [3.63, 3.8) is 0 Å². The summed E-state index contributed by atoms with van der Waals surface area (Å²) in [4.78, 5) is 0. The molecule has 0 saturated carbocycles. The van der Waals surface area contributed by atoms with E-state index in [1.54, 1.807) is 0 Å². The smallest absolute Gasteiger partial charge is 0.0895 e. The van der Waals surface area contributed by atoms with Crippen LogP contribution in [-0.2, 0) is 10.2 Å². The average molecular weight is 335 g/mol. The SMILES string of the molecule is CCC(C)(C)c1ccc2c(c1)C1OCCCC1[C@H](c1ccccc1)N2. The van der Waals surface area contributed by atoms with Crippen LogP contribution in [0.15, 0.2) is 48.5 Å². The van der Waals surface area contributed by atoms with Gasteiger partial charge in [0.05, 0.1) is 12.1 Å². The Bertz CT molecular complexity index is 737. The topological polar surface area (TPSA) is 21.3 Å². The molecule has 0 aromatic heterocycles. The number of fused-ring (bicyclic) bond motifs is 3. The molecule has 25 heavy (non-hydrogen) atoms. The molecule has 132 valence electrons. The lowest BCUT2D eigenvalue weighted by Crippen LogP contribution is -2.36. The number of benzene rings is 2. The molecule has 4 rings (SSSR count). The van der Waals surface area contributed by atoms with Gasteiger partial charge in [0.25, 0.3) is 0 Å². The summed E-state index contributed by atoms with van der Waals surface area (Å²) in [5.41, 5.74) is 5.59. The quantitative estimate of drug-likeness (QED) is 0.742. The second-order valence-electron chi connectivity index (χ2n) is 8.17. The molecule has 3 atom stereocenters. The minimum atomic E-state index is 0.204. The van der Waals surface area contributed by atoms with Crippen LogP contribution in [0.25, 0.3) is 0 Å². The van der Waals surface area contributed by atoms with Crippen LogP contribution >= 0.6 is 0 Å². The molecule has 2 aliphatic rings. The number of rotatable bonds is 3. The van der Waals surface area contributed by atoms with Crippen molar-refractivity contribution in [2.24, 2.45) is 5.92 Å². The minimum Gasteiger partial charge on any atom is -0.378 e. The first-order valence-electron chi connectivity index (χ1n) is 9.67. The lowest BCUT2D eigenvalue weighted by atomic mass is 9.75. The van der Waals surface area contributed by atoms with Crippen LogP contribution in [0.4, 0.5) is 5.69 Å². The van der Waals surface area contributed by atoms with E-state index in [9.17, 15) is 0 Å². The van der Waals surface area contributed by atoms with Crippen LogP contribution in [0.2, 0.25) is 0 Å². The molecule has 1 N–H and O–H groups in total. The maximum atomic E-state index is 6.32. The highest BCUT2D eigenvalue weighted by atomic mass is 16.5. The van der Waals surface area contributed by atoms with Crippen molar-refractivity contribution < 1.29 is 4.74 Å². The van der Waals surface area contributed by atoms with E-state index < -0.39 is 0 Å². The molecule has 0 aliphatic carbocycles. The van der Waals surface area contributed by atoms with E-state index in [0.717, 1.165) is 19.4 Å². The molecule has 0 bridgehead atoms. The summed E-state index contributed by atoms with van der Waals surface area (Å²) in [5.74, 6) is 0.503. The predicted molar refractivity (Wildman–Crippen MR) is 104 cm³/mol. The Hall–Kier alpha value is -1.80. The van der Waals surface area contributed by atoms with E-state index in [2.05, 4.69) is 74.6 Å². The molecule has 2 aromatic carbocycles. The first kappa shape index (κ1) is 16.7. The summed E-state index contributed by atoms with van der Waals surface area (Å²) in [5, 5.41) is 3.83. The van der Waals surface area contributed by atoms with Gasteiger partial charge in [-0.15, -0.1) is 0 Å². The molecule has 0 amide bonds. The standard InChI is InChI=1S/C23H29NO/c1-4-23(2,3)17-12-13-20-19(15-17)22-18(11-8-14-25-22)21(24-20)16-9-6-5-7-10-16/h5-7,9-10,12-13,15,18,21-22,24H,4,8,11,14H2,1-3H3/t18?,21-,22?/m0/s1. The van der Waals surface area contributed by atoms with Crippen molar-refractivity contribution in [2.75, 3.05) is 11.9 Å². The van der Waals surface area contributed by atoms with Crippen molar-refractivity contribution in [1.29, 1.82) is 0 Å². The van der Waals surface area contributed by atoms with Gasteiger partial charge in [-0.25, -0.2) is 0 Å². The Morgan fingerprint density at radius 1 is 1.12 bits per heavy atom. The van der Waals surface area contributed by atoms with Crippen LogP contribution in [0, 0.1) is 5.92 Å². The van der Waals surface area contributed by atoms with Gasteiger partial charge >= 0.3 is 0 Å². The van der Waals surface area contributed by atoms with Gasteiger partial charge in [-0.05, 0) is 41.9 Å². The lowest BCUT2D eigenvalue weighted by Gasteiger charge is -2.44. The summed E-state index contributed by atoms with van der Waals surface area (Å²) >= 11 is 0. The first-order chi connectivity index (χ1) is 12.1. The minimum absolute atomic E-state index is 0.204. The summed E-state index contributed by atoms with van der Waals surface area (Å²) in [7, 11) is 0. The predicted octanol–water partition coefficient (Wildman–Crippen LogP) is 6.01. The fourth-order valence-corrected chi connectivity index (χ4v) is 4.29. The Labute approximate surface area is 151 Å². The van der Waals surface area contributed by atoms with Crippen molar-refractivity contribution in [3.05, 3.63) is 65.2 Å². The summed E-state index contributed by atoms with van der Waals surface area (Å²) in [6.45, 7) is 7.81. The van der Waals surface area contributed by atoms with Crippen molar-refractivity contribution in [3.8, 4) is 0 Å². The fraction of sp³-hybridized carbons (Fsp3) is 0.478. The Morgan fingerprint density at radius 3 is 2.68 bits per heavy atom. The van der Waals surface area contributed by atoms with Crippen molar-refractivity contribution >= 4 is 5.69 Å². The van der Waals surface area contributed by atoms with Crippen molar-refractivity contribution in [2.45, 2.75) is 57.6 Å². The fourth-order valence-electron chi connectivity index (χ4n) is 4.29. The molecule has 1 fully saturated rings. The van der Waals surface area contributed by atoms with Gasteiger partial charge < -0.3 is 10.1 Å². The van der Waals surface area contributed by atoms with E-state index >= 15 is 0 Å². The van der Waals surface area contributed by atoms with Gasteiger partial charge in [0.2, 0.25) is 0 Å². The Kier molecular flexibility index (Phi) is 4.33. The largest absolute Gasteiger partial charge is 0.378 e. The highest BCUT2D eigenvalue weighted by Gasteiger charge is 2.40. The van der Waals surface area contributed by atoms with Gasteiger partial charge in [0.15, 0.2) is 0 Å². The Morgan fingerprint density at radius 2 is 1.92 bits per heavy atom. The number of anilines is 1. The number of ether oxygens (including phenoxy) is 1. The number of hydrogen-bond acceptors (Lipinski definition) is 2. The summed E-state index contributed by atoms with van der Waals surface area (Å²) in [6.07, 6.45) is 3.73. The zero-order valence-electron chi connectivity index (χ0n) is 15.6. The van der Waals surface area contributed by atoms with E-state index in [4.69, 9.17) is 4.74 Å². The van der Waals surface area contributed by atoms with Crippen LogP contribution in [-0.4, -0.2) is 6.61 Å². The van der Waals surface area contributed by atoms with Gasteiger partial charge in [0, 0.05) is 23.8 Å². The maximum absolute atomic E-state index is 6.32. The van der Waals surface area contributed by atoms with Gasteiger partial charge in [-0.2, -0.15) is 0 Å². The molecule has 0 spiro atoms. The van der Waals surface area contributed by atoms with E-state index in [1.165, 1.54) is 28.8 Å². The molecule has 0 radical (unpaired) electrons. The van der Waals surface area contributed by atoms with E-state index in [0.29, 0.717) is 12.0 Å². The second kappa shape index (κ2) is 6.49. The van der Waals surface area contributed by atoms with Crippen LogP contribution in [0.5, 0.6) is 0 Å². The first-order valence-corrected chi connectivity index (χ1v) is 9.67. The molecule has 2 unspecified atom stereocenters. The highest BCUT2D eigenvalue weighted by Crippen LogP contribution is 2.49. The normalized spacial score (nSPS) is 25.6. The van der Waals surface area contributed by atoms with Gasteiger partial charge in [-0.3, -0.25) is 0 Å². The van der Waals surface area contributed by atoms with Crippen LogP contribution in [0.1, 0.15) is 68.9 Å². The van der Waals surface area contributed by atoms with E-state index in [1.807, 2.05) is 0 Å². The number of nitrogens with one attached hydrogen (secondary N) is 1. The molecular weight excluding hydrogens is 306 g/mol. The molecule has 2 nitrogen and oxygen atoms in total. The maximum Gasteiger partial charge on any atom is 0.0895 e. The molecule has 2 aromatic rings. The third-order valence-electron chi connectivity index (χ3n) is 6.29. The lowest BCUT2D eigenvalue weighted by molar-refractivity contribution is -0.0382. The average Bonchev–Trinajstić information content (AvgIpc) is 2.67. The zero-order chi connectivity index (χ0) is 17.4. The monoisotopic (exact) mass is 335 g/mol. The third kappa shape index (κ3) is 2.97.